The molecule has 0 unspecified atom stereocenters. The van der Waals surface area contributed by atoms with Crippen LogP contribution in [0.5, 0.6) is 5.75 Å². The molecule has 0 atom stereocenters. The van der Waals surface area contributed by atoms with Gasteiger partial charge in [-0.3, -0.25) is 0 Å². The van der Waals surface area contributed by atoms with Gasteiger partial charge in [0.1, 0.15) is 11.5 Å². The molecule has 0 aliphatic rings. The van der Waals surface area contributed by atoms with E-state index in [1.165, 1.54) is 0 Å². The van der Waals surface area contributed by atoms with Gasteiger partial charge in [-0.25, -0.2) is 0 Å². The lowest BCUT2D eigenvalue weighted by atomic mass is 10.3. The highest BCUT2D eigenvalue weighted by Gasteiger charge is 1.99. The summed E-state index contributed by atoms with van der Waals surface area (Å²) in [6.45, 7) is 6.53. The van der Waals surface area contributed by atoms with Crippen LogP contribution in [0, 0.1) is 0 Å². The molecule has 0 saturated heterocycles. The van der Waals surface area contributed by atoms with Crippen molar-refractivity contribution in [1.82, 2.24) is 5.32 Å². The summed E-state index contributed by atoms with van der Waals surface area (Å²) >= 11 is 0. The number of nitrogens with one attached hydrogen (secondary N) is 2. The summed E-state index contributed by atoms with van der Waals surface area (Å²) in [6.07, 6.45) is 1.88. The van der Waals surface area contributed by atoms with E-state index in [1.807, 2.05) is 50.2 Å². The topological polar surface area (TPSA) is 46.4 Å². The predicted molar refractivity (Wildman–Crippen MR) is 81.1 cm³/mol. The molecule has 1 aromatic carbocycles. The number of anilines is 1. The first kappa shape index (κ1) is 14.5. The Morgan fingerprint density at radius 2 is 2.05 bits per heavy atom. The van der Waals surface area contributed by atoms with Crippen LogP contribution in [0.4, 0.5) is 5.69 Å². The number of ether oxygens (including phenoxy) is 1. The van der Waals surface area contributed by atoms with Crippen LogP contribution < -0.4 is 15.4 Å². The molecule has 20 heavy (non-hydrogen) atoms. The predicted octanol–water partition coefficient (Wildman–Crippen LogP) is 3.27. The van der Waals surface area contributed by atoms with Crippen molar-refractivity contribution >= 4 is 5.69 Å². The molecule has 1 aromatic heterocycles. The van der Waals surface area contributed by atoms with Crippen LogP contribution in [0.25, 0.3) is 0 Å². The van der Waals surface area contributed by atoms with Crippen molar-refractivity contribution in [3.63, 3.8) is 0 Å². The zero-order chi connectivity index (χ0) is 14.2. The molecule has 4 nitrogen and oxygen atoms in total. The maximum atomic E-state index is 5.66. The zero-order valence-corrected chi connectivity index (χ0v) is 12.1. The molecule has 0 amide bonds. The van der Waals surface area contributed by atoms with Crippen LogP contribution in [0.1, 0.15) is 19.6 Å². The van der Waals surface area contributed by atoms with E-state index in [9.17, 15) is 0 Å². The van der Waals surface area contributed by atoms with Crippen molar-refractivity contribution in [1.29, 1.82) is 0 Å². The molecule has 2 aromatic rings. The summed E-state index contributed by atoms with van der Waals surface area (Å²) < 4.78 is 10.9. The molecule has 1 heterocycles. The summed E-state index contributed by atoms with van der Waals surface area (Å²) in [5.74, 6) is 1.85. The van der Waals surface area contributed by atoms with Crippen molar-refractivity contribution in [3.05, 3.63) is 48.4 Å². The summed E-state index contributed by atoms with van der Waals surface area (Å²) in [5, 5.41) is 6.68. The Balaban J connectivity index is 1.68. The Morgan fingerprint density at radius 3 is 2.80 bits per heavy atom. The number of benzene rings is 1. The highest BCUT2D eigenvalue weighted by molar-refractivity contribution is 5.48. The van der Waals surface area contributed by atoms with E-state index in [0.29, 0.717) is 0 Å². The van der Waals surface area contributed by atoms with Gasteiger partial charge in [-0.15, -0.1) is 0 Å². The average Bonchev–Trinajstić information content (AvgIpc) is 2.91. The summed E-state index contributed by atoms with van der Waals surface area (Å²) in [6, 6.07) is 11.9. The fraction of sp³-hybridized carbons (Fsp3) is 0.375. The number of hydrogen-bond donors (Lipinski definition) is 2. The van der Waals surface area contributed by atoms with Crippen molar-refractivity contribution in [2.24, 2.45) is 0 Å². The number of furan rings is 1. The molecule has 0 saturated carbocycles. The molecule has 0 radical (unpaired) electrons. The van der Waals surface area contributed by atoms with E-state index in [2.05, 4.69) is 10.6 Å². The van der Waals surface area contributed by atoms with Crippen LogP contribution >= 0.6 is 0 Å². The minimum Gasteiger partial charge on any atom is -0.491 e. The maximum Gasteiger partial charge on any atom is 0.121 e. The summed E-state index contributed by atoms with van der Waals surface area (Å²) in [7, 11) is 0. The fourth-order valence-electron chi connectivity index (χ4n) is 1.87. The van der Waals surface area contributed by atoms with Gasteiger partial charge in [0.25, 0.3) is 0 Å². The van der Waals surface area contributed by atoms with E-state index in [1.54, 1.807) is 6.26 Å². The zero-order valence-electron chi connectivity index (χ0n) is 12.1. The highest BCUT2D eigenvalue weighted by atomic mass is 16.5. The lowest BCUT2D eigenvalue weighted by Crippen LogP contribution is -2.21. The van der Waals surface area contributed by atoms with Gasteiger partial charge in [-0.1, -0.05) is 6.07 Å². The van der Waals surface area contributed by atoms with Crippen molar-refractivity contribution in [2.75, 3.05) is 18.4 Å². The Morgan fingerprint density at radius 1 is 1.15 bits per heavy atom. The van der Waals surface area contributed by atoms with E-state index in [0.717, 1.165) is 36.8 Å². The van der Waals surface area contributed by atoms with Gasteiger partial charge in [-0.2, -0.15) is 0 Å². The molecule has 0 aliphatic heterocycles. The van der Waals surface area contributed by atoms with Crippen LogP contribution in [-0.2, 0) is 6.54 Å². The van der Waals surface area contributed by atoms with Gasteiger partial charge >= 0.3 is 0 Å². The van der Waals surface area contributed by atoms with Gasteiger partial charge in [0.15, 0.2) is 0 Å². The van der Waals surface area contributed by atoms with Crippen molar-refractivity contribution in [2.45, 2.75) is 26.5 Å². The second-order valence-electron chi connectivity index (χ2n) is 4.88. The monoisotopic (exact) mass is 274 g/mol. The molecule has 0 spiro atoms. The van der Waals surface area contributed by atoms with E-state index in [4.69, 9.17) is 9.15 Å². The van der Waals surface area contributed by atoms with Crippen molar-refractivity contribution in [3.8, 4) is 5.75 Å². The quantitative estimate of drug-likeness (QED) is 0.725. The first-order chi connectivity index (χ1) is 9.74. The average molecular weight is 274 g/mol. The molecule has 4 heteroatoms. The Labute approximate surface area is 120 Å². The van der Waals surface area contributed by atoms with Crippen LogP contribution in [-0.4, -0.2) is 19.2 Å². The Bertz CT molecular complexity index is 495. The van der Waals surface area contributed by atoms with E-state index >= 15 is 0 Å². The number of hydrogen-bond acceptors (Lipinski definition) is 4. The molecule has 0 aliphatic carbocycles. The Hall–Kier alpha value is -1.94. The van der Waals surface area contributed by atoms with Gasteiger partial charge in [0.2, 0.25) is 0 Å². The second-order valence-corrected chi connectivity index (χ2v) is 4.88. The first-order valence-corrected chi connectivity index (χ1v) is 6.98. The highest BCUT2D eigenvalue weighted by Crippen LogP contribution is 2.18. The molecular weight excluding hydrogens is 252 g/mol. The fourth-order valence-corrected chi connectivity index (χ4v) is 1.87. The molecule has 2 rings (SSSR count). The van der Waals surface area contributed by atoms with E-state index in [-0.39, 0.29) is 6.10 Å². The maximum absolute atomic E-state index is 5.66. The van der Waals surface area contributed by atoms with E-state index < -0.39 is 0 Å². The largest absolute Gasteiger partial charge is 0.491 e. The normalized spacial score (nSPS) is 10.8. The third-order valence-corrected chi connectivity index (χ3v) is 2.72. The first-order valence-electron chi connectivity index (χ1n) is 6.98. The molecule has 108 valence electrons. The minimum absolute atomic E-state index is 0.195. The molecule has 2 N–H and O–H groups in total. The lowest BCUT2D eigenvalue weighted by Gasteiger charge is -2.12. The summed E-state index contributed by atoms with van der Waals surface area (Å²) in [4.78, 5) is 0. The smallest absolute Gasteiger partial charge is 0.121 e. The van der Waals surface area contributed by atoms with Crippen LogP contribution in [0.3, 0.4) is 0 Å². The van der Waals surface area contributed by atoms with Crippen molar-refractivity contribution < 1.29 is 9.15 Å². The third-order valence-electron chi connectivity index (χ3n) is 2.72. The SMILES string of the molecule is CC(C)Oc1cccc(NCCNCc2ccco2)c1. The standard InChI is InChI=1S/C16H22N2O2/c1-13(2)20-15-6-3-5-14(11-15)18-9-8-17-12-16-7-4-10-19-16/h3-7,10-11,13,17-18H,8-9,12H2,1-2H3. The van der Waals surface area contributed by atoms with Gasteiger partial charge in [-0.05, 0) is 38.1 Å². The summed E-state index contributed by atoms with van der Waals surface area (Å²) in [5.41, 5.74) is 1.07. The Kier molecular flexibility index (Phi) is 5.50. The molecule has 0 bridgehead atoms. The second kappa shape index (κ2) is 7.60. The van der Waals surface area contributed by atoms with Crippen LogP contribution in [0.15, 0.2) is 47.1 Å². The molecule has 0 fully saturated rings. The number of rotatable bonds is 8. The van der Waals surface area contributed by atoms with Gasteiger partial charge < -0.3 is 19.8 Å². The minimum atomic E-state index is 0.195. The molecular formula is C16H22N2O2. The van der Waals surface area contributed by atoms with Gasteiger partial charge in [0.05, 0.1) is 18.9 Å². The van der Waals surface area contributed by atoms with Crippen LogP contribution in [0.2, 0.25) is 0 Å². The third kappa shape index (κ3) is 4.97. The van der Waals surface area contributed by atoms with Gasteiger partial charge in [0, 0.05) is 24.8 Å². The lowest BCUT2D eigenvalue weighted by molar-refractivity contribution is 0.242.